The predicted octanol–water partition coefficient (Wildman–Crippen LogP) is 2.98. The van der Waals surface area contributed by atoms with E-state index in [9.17, 15) is 0 Å². The van der Waals surface area contributed by atoms with Gasteiger partial charge in [-0.1, -0.05) is 24.6 Å². The average Bonchev–Trinajstić information content (AvgIpc) is 2.41. The minimum Gasteiger partial charge on any atom is -0.496 e. The second kappa shape index (κ2) is 7.87. The third-order valence-corrected chi connectivity index (χ3v) is 4.18. The largest absolute Gasteiger partial charge is 0.496 e. The van der Waals surface area contributed by atoms with Crippen molar-refractivity contribution in [2.24, 2.45) is 11.7 Å². The number of halogens is 1. The van der Waals surface area contributed by atoms with Crippen molar-refractivity contribution in [3.8, 4) is 5.75 Å². The lowest BCUT2D eigenvalue weighted by Crippen LogP contribution is -2.45. The van der Waals surface area contributed by atoms with Gasteiger partial charge in [0.05, 0.1) is 7.11 Å². The van der Waals surface area contributed by atoms with Gasteiger partial charge in [0.25, 0.3) is 0 Å². The van der Waals surface area contributed by atoms with Crippen molar-refractivity contribution in [2.75, 3.05) is 20.2 Å². The Hall–Kier alpha value is -0.770. The van der Waals surface area contributed by atoms with E-state index in [4.69, 9.17) is 10.5 Å². The minimum atomic E-state index is 0. The van der Waals surface area contributed by atoms with Crippen LogP contribution in [0.1, 0.15) is 30.9 Å². The second-order valence-corrected chi connectivity index (χ2v) is 5.80. The summed E-state index contributed by atoms with van der Waals surface area (Å²) >= 11 is 0. The minimum absolute atomic E-state index is 0. The molecule has 3 nitrogen and oxygen atoms in total. The van der Waals surface area contributed by atoms with Crippen LogP contribution >= 0.6 is 12.4 Å². The molecule has 0 spiro atoms. The van der Waals surface area contributed by atoms with Crippen LogP contribution in [0.4, 0.5) is 0 Å². The van der Waals surface area contributed by atoms with E-state index >= 15 is 0 Å². The van der Waals surface area contributed by atoms with Crippen molar-refractivity contribution in [3.05, 3.63) is 29.3 Å². The predicted molar refractivity (Wildman–Crippen MR) is 86.6 cm³/mol. The van der Waals surface area contributed by atoms with E-state index < -0.39 is 0 Å². The number of nitrogens with zero attached hydrogens (tertiary/aromatic N) is 1. The highest BCUT2D eigenvalue weighted by molar-refractivity contribution is 5.85. The third-order valence-electron chi connectivity index (χ3n) is 4.18. The van der Waals surface area contributed by atoms with Gasteiger partial charge in [-0.2, -0.15) is 0 Å². The first kappa shape index (κ1) is 17.3. The van der Waals surface area contributed by atoms with Gasteiger partial charge >= 0.3 is 0 Å². The molecule has 1 aliphatic heterocycles. The van der Waals surface area contributed by atoms with Crippen molar-refractivity contribution < 1.29 is 4.74 Å². The fourth-order valence-electron chi connectivity index (χ4n) is 3.00. The zero-order chi connectivity index (χ0) is 13.8. The molecule has 1 saturated heterocycles. The summed E-state index contributed by atoms with van der Waals surface area (Å²) in [5.41, 5.74) is 8.49. The summed E-state index contributed by atoms with van der Waals surface area (Å²) in [5, 5.41) is 0. The first-order chi connectivity index (χ1) is 9.13. The van der Waals surface area contributed by atoms with E-state index in [-0.39, 0.29) is 12.4 Å². The number of benzene rings is 1. The number of nitrogens with two attached hydrogens (primary N) is 1. The molecule has 0 bridgehead atoms. The Balaban J connectivity index is 0.00000200. The van der Waals surface area contributed by atoms with E-state index in [2.05, 4.69) is 36.9 Å². The Morgan fingerprint density at radius 2 is 2.15 bits per heavy atom. The summed E-state index contributed by atoms with van der Waals surface area (Å²) in [6, 6.07) is 6.90. The summed E-state index contributed by atoms with van der Waals surface area (Å²) in [7, 11) is 1.74. The maximum Gasteiger partial charge on any atom is 0.123 e. The van der Waals surface area contributed by atoms with Crippen LogP contribution in [0.25, 0.3) is 0 Å². The smallest absolute Gasteiger partial charge is 0.123 e. The molecule has 0 radical (unpaired) electrons. The van der Waals surface area contributed by atoms with Crippen molar-refractivity contribution in [3.63, 3.8) is 0 Å². The molecule has 2 N–H and O–H groups in total. The molecular weight excluding hydrogens is 272 g/mol. The molecule has 1 heterocycles. The third kappa shape index (κ3) is 4.11. The monoisotopic (exact) mass is 298 g/mol. The van der Waals surface area contributed by atoms with Crippen molar-refractivity contribution >= 4 is 12.4 Å². The molecule has 2 atom stereocenters. The van der Waals surface area contributed by atoms with Crippen LogP contribution in [0, 0.1) is 12.8 Å². The number of rotatable bonds is 4. The second-order valence-electron chi connectivity index (χ2n) is 5.80. The Bertz CT molecular complexity index is 425. The van der Waals surface area contributed by atoms with Crippen LogP contribution < -0.4 is 10.5 Å². The zero-order valence-corrected chi connectivity index (χ0v) is 13.6. The first-order valence-electron chi connectivity index (χ1n) is 7.21. The molecule has 114 valence electrons. The molecule has 1 fully saturated rings. The van der Waals surface area contributed by atoms with Gasteiger partial charge in [0.15, 0.2) is 0 Å². The lowest BCUT2D eigenvalue weighted by molar-refractivity contribution is 0.114. The summed E-state index contributed by atoms with van der Waals surface area (Å²) in [4.78, 5) is 2.51. The van der Waals surface area contributed by atoms with Gasteiger partial charge < -0.3 is 10.5 Å². The number of hydrogen-bond donors (Lipinski definition) is 1. The standard InChI is InChI=1S/C16H26N2O.ClH/c1-12-4-5-16(19-3)14(8-12)11-18-7-6-13(2)9-15(18)10-17;/h4-5,8,13,15H,6-7,9-11,17H2,1-3H3;1H. The van der Waals surface area contributed by atoms with Crippen LogP contribution in [0.3, 0.4) is 0 Å². The summed E-state index contributed by atoms with van der Waals surface area (Å²) in [5.74, 6) is 1.78. The number of methoxy groups -OCH3 is 1. The lowest BCUT2D eigenvalue weighted by Gasteiger charge is -2.38. The molecule has 1 aromatic carbocycles. The zero-order valence-electron chi connectivity index (χ0n) is 12.8. The summed E-state index contributed by atoms with van der Waals surface area (Å²) < 4.78 is 5.47. The van der Waals surface area contributed by atoms with Gasteiger partial charge in [-0.05, 0) is 38.3 Å². The van der Waals surface area contributed by atoms with E-state index in [0.29, 0.717) is 6.04 Å². The fourth-order valence-corrected chi connectivity index (χ4v) is 3.00. The van der Waals surface area contributed by atoms with Crippen molar-refractivity contribution in [1.82, 2.24) is 4.90 Å². The van der Waals surface area contributed by atoms with E-state index in [1.807, 2.05) is 0 Å². The molecule has 0 aliphatic carbocycles. The Morgan fingerprint density at radius 3 is 2.80 bits per heavy atom. The Kier molecular flexibility index (Phi) is 6.80. The first-order valence-corrected chi connectivity index (χ1v) is 7.21. The van der Waals surface area contributed by atoms with E-state index in [1.165, 1.54) is 24.0 Å². The van der Waals surface area contributed by atoms with Crippen LogP contribution in [-0.4, -0.2) is 31.1 Å². The topological polar surface area (TPSA) is 38.5 Å². The van der Waals surface area contributed by atoms with Crippen molar-refractivity contribution in [2.45, 2.75) is 39.3 Å². The van der Waals surface area contributed by atoms with Gasteiger partial charge in [0, 0.05) is 24.7 Å². The normalized spacial score (nSPS) is 23.2. The highest BCUT2D eigenvalue weighted by Gasteiger charge is 2.25. The number of piperidine rings is 1. The molecule has 0 saturated carbocycles. The number of likely N-dealkylation sites (tertiary alicyclic amines) is 1. The van der Waals surface area contributed by atoms with E-state index in [1.54, 1.807) is 7.11 Å². The number of aryl methyl sites for hydroxylation is 1. The molecule has 2 rings (SSSR count). The molecule has 1 aliphatic rings. The SMILES string of the molecule is COc1ccc(C)cc1CN1CCC(C)CC1CN.Cl. The molecule has 20 heavy (non-hydrogen) atoms. The van der Waals surface area contributed by atoms with Gasteiger partial charge in [-0.25, -0.2) is 0 Å². The maximum absolute atomic E-state index is 5.94. The molecule has 4 heteroatoms. The fraction of sp³-hybridized carbons (Fsp3) is 0.625. The quantitative estimate of drug-likeness (QED) is 0.929. The Morgan fingerprint density at radius 1 is 1.40 bits per heavy atom. The highest BCUT2D eigenvalue weighted by Crippen LogP contribution is 2.27. The molecule has 0 aromatic heterocycles. The van der Waals surface area contributed by atoms with Crippen molar-refractivity contribution in [1.29, 1.82) is 0 Å². The highest BCUT2D eigenvalue weighted by atomic mass is 35.5. The van der Waals surface area contributed by atoms with Crippen LogP contribution in [-0.2, 0) is 6.54 Å². The molecule has 0 amide bonds. The Labute approximate surface area is 128 Å². The number of hydrogen-bond acceptors (Lipinski definition) is 3. The van der Waals surface area contributed by atoms with Crippen LogP contribution in [0.5, 0.6) is 5.75 Å². The van der Waals surface area contributed by atoms with Gasteiger partial charge in [-0.15, -0.1) is 12.4 Å². The van der Waals surface area contributed by atoms with Crippen LogP contribution in [0.15, 0.2) is 18.2 Å². The molecular formula is C16H27ClN2O. The molecule has 1 aromatic rings. The van der Waals surface area contributed by atoms with E-state index in [0.717, 1.165) is 31.3 Å². The average molecular weight is 299 g/mol. The van der Waals surface area contributed by atoms with Gasteiger partial charge in [-0.3, -0.25) is 4.90 Å². The van der Waals surface area contributed by atoms with Gasteiger partial charge in [0.2, 0.25) is 0 Å². The molecule has 2 unspecified atom stereocenters. The van der Waals surface area contributed by atoms with Gasteiger partial charge in [0.1, 0.15) is 5.75 Å². The number of ether oxygens (including phenoxy) is 1. The lowest BCUT2D eigenvalue weighted by atomic mass is 9.92. The summed E-state index contributed by atoms with van der Waals surface area (Å²) in [6.07, 6.45) is 2.48. The maximum atomic E-state index is 5.94. The summed E-state index contributed by atoms with van der Waals surface area (Å²) in [6.45, 7) is 7.28. The van der Waals surface area contributed by atoms with Crippen LogP contribution in [0.2, 0.25) is 0 Å².